The maximum absolute atomic E-state index is 12.9. The highest BCUT2D eigenvalue weighted by Crippen LogP contribution is 2.19. The van der Waals surface area contributed by atoms with Crippen LogP contribution >= 0.6 is 0 Å². The minimum atomic E-state index is -1.62. The lowest BCUT2D eigenvalue weighted by molar-refractivity contribution is -0.870. The fourth-order valence-electron chi connectivity index (χ4n) is 10.9. The van der Waals surface area contributed by atoms with Crippen molar-refractivity contribution in [2.45, 2.75) is 379 Å². The number of likely N-dealkylation sites (N-methyl/N-ethyl adjacent to an activating group) is 1. The summed E-state index contributed by atoms with van der Waals surface area (Å²) in [7, 11) is 5.93. The van der Waals surface area contributed by atoms with Gasteiger partial charge in [-0.25, -0.2) is 0 Å². The van der Waals surface area contributed by atoms with Crippen molar-refractivity contribution < 1.29 is 42.9 Å². The van der Waals surface area contributed by atoms with Crippen molar-refractivity contribution in [2.75, 3.05) is 47.5 Å². The van der Waals surface area contributed by atoms with Crippen molar-refractivity contribution in [1.82, 2.24) is 0 Å². The predicted molar refractivity (Wildman–Crippen MR) is 348 cm³/mol. The number of esters is 2. The Hall–Kier alpha value is -2.23. The maximum Gasteiger partial charge on any atom is 0.306 e. The molecule has 0 amide bonds. The smallest absolute Gasteiger partial charge is 0.306 e. The molecule has 0 aliphatic carbocycles. The summed E-state index contributed by atoms with van der Waals surface area (Å²) < 4.78 is 22.8. The van der Waals surface area contributed by atoms with E-state index in [1.54, 1.807) is 0 Å². The molecule has 2 atom stereocenters. The summed E-state index contributed by atoms with van der Waals surface area (Å²) in [5.41, 5.74) is 0. The molecule has 0 aromatic carbocycles. The van der Waals surface area contributed by atoms with Gasteiger partial charge >= 0.3 is 11.9 Å². The summed E-state index contributed by atoms with van der Waals surface area (Å²) >= 11 is 0. The lowest BCUT2D eigenvalue weighted by atomic mass is 10.0. The second-order valence-electron chi connectivity index (χ2n) is 25.9. The monoisotopic (exact) mass is 1160 g/mol. The molecule has 0 aromatic heterocycles. The number of rotatable bonds is 68. The Kier molecular flexibility index (Phi) is 63.0. The first-order chi connectivity index (χ1) is 40.1. The summed E-state index contributed by atoms with van der Waals surface area (Å²) in [6.45, 7) is 4.77. The SMILES string of the molecule is CCCCC/C=C\C/C=C\CCCCCCCCCC(=O)OC(COC(=O)CCCCCCCCCCCCCCCCCCCCCCCCCCCCCCCCCCCCCCCCCC)COC(OCC[N+](C)(C)C)C(=O)[O-]. The summed E-state index contributed by atoms with van der Waals surface area (Å²) in [6.07, 6.45) is 77.3. The zero-order valence-electron chi connectivity index (χ0n) is 55.4. The fourth-order valence-corrected chi connectivity index (χ4v) is 10.9. The molecule has 9 nitrogen and oxygen atoms in total. The van der Waals surface area contributed by atoms with E-state index in [0.29, 0.717) is 23.9 Å². The van der Waals surface area contributed by atoms with Gasteiger partial charge in [-0.05, 0) is 44.9 Å². The van der Waals surface area contributed by atoms with Gasteiger partial charge < -0.3 is 33.3 Å². The molecule has 0 saturated heterocycles. The van der Waals surface area contributed by atoms with Crippen molar-refractivity contribution in [1.29, 1.82) is 0 Å². The molecule has 0 rings (SSSR count). The zero-order chi connectivity index (χ0) is 59.8. The van der Waals surface area contributed by atoms with Crippen LogP contribution in [0.4, 0.5) is 0 Å². The number of hydrogen-bond donors (Lipinski definition) is 0. The molecular formula is C73H139NO8. The van der Waals surface area contributed by atoms with Crippen LogP contribution < -0.4 is 5.11 Å². The molecule has 0 spiro atoms. The minimum Gasteiger partial charge on any atom is -0.545 e. The maximum atomic E-state index is 12.9. The van der Waals surface area contributed by atoms with E-state index in [1.165, 1.54) is 283 Å². The van der Waals surface area contributed by atoms with Crippen LogP contribution in [0.25, 0.3) is 0 Å². The number of allylic oxidation sites excluding steroid dienone is 4. The van der Waals surface area contributed by atoms with Crippen LogP contribution in [0.3, 0.4) is 0 Å². The number of carboxylic acid groups (broad SMARTS) is 1. The second kappa shape index (κ2) is 64.8. The minimum absolute atomic E-state index is 0.148. The van der Waals surface area contributed by atoms with E-state index in [0.717, 1.165) is 51.4 Å². The number of nitrogens with zero attached hydrogens (tertiary/aromatic N) is 1. The third kappa shape index (κ3) is 65.3. The first-order valence-electron chi connectivity index (χ1n) is 36.0. The molecule has 0 heterocycles. The van der Waals surface area contributed by atoms with Crippen LogP contribution in [-0.4, -0.2) is 82.3 Å². The van der Waals surface area contributed by atoms with Crippen molar-refractivity contribution in [2.24, 2.45) is 0 Å². The lowest BCUT2D eigenvalue weighted by Gasteiger charge is -2.26. The quantitative estimate of drug-likeness (QED) is 0.0195. The highest BCUT2D eigenvalue weighted by atomic mass is 16.7. The Balaban J connectivity index is 3.89. The van der Waals surface area contributed by atoms with Gasteiger partial charge in [-0.2, -0.15) is 0 Å². The number of ether oxygens (including phenoxy) is 4. The van der Waals surface area contributed by atoms with E-state index in [-0.39, 0.29) is 32.2 Å². The highest BCUT2D eigenvalue weighted by Gasteiger charge is 2.22. The number of carbonyl (C=O) groups excluding carboxylic acids is 3. The number of carboxylic acids is 1. The number of hydrogen-bond acceptors (Lipinski definition) is 8. The van der Waals surface area contributed by atoms with Crippen LogP contribution in [-0.2, 0) is 33.3 Å². The van der Waals surface area contributed by atoms with E-state index < -0.39 is 24.3 Å². The Bertz CT molecular complexity index is 1390. The molecule has 0 N–H and O–H groups in total. The first-order valence-corrected chi connectivity index (χ1v) is 36.0. The standard InChI is InChI=1S/C73H139NO8/c1-6-8-10-12-14-16-18-20-22-24-25-26-27-28-29-30-31-32-33-34-35-36-37-38-39-40-41-42-43-44-45-46-48-49-51-53-55-57-59-61-63-70(75)80-67-69(68-81-73(72(77)78)79-66-65-74(3,4)5)82-71(76)64-62-60-58-56-54-52-50-47-23-21-19-17-15-13-11-9-7-2/h15,17,21,23,69,73H,6-14,16,18-20,22,24-68H2,1-5H3/b17-15-,23-21-. The fraction of sp³-hybridized carbons (Fsp3) is 0.904. The van der Waals surface area contributed by atoms with E-state index in [1.807, 2.05) is 21.1 Å². The molecule has 484 valence electrons. The molecule has 82 heavy (non-hydrogen) atoms. The number of aliphatic carboxylic acids is 1. The van der Waals surface area contributed by atoms with Gasteiger partial charge in [-0.1, -0.05) is 334 Å². The molecule has 0 aromatic rings. The van der Waals surface area contributed by atoms with E-state index >= 15 is 0 Å². The summed E-state index contributed by atoms with van der Waals surface area (Å²) in [5.74, 6) is -2.27. The van der Waals surface area contributed by atoms with Gasteiger partial charge in [0.15, 0.2) is 12.4 Å². The predicted octanol–water partition coefficient (Wildman–Crippen LogP) is 20.9. The third-order valence-electron chi connectivity index (χ3n) is 16.5. The van der Waals surface area contributed by atoms with Crippen LogP contribution in [0.5, 0.6) is 0 Å². The average molecular weight is 1160 g/mol. The zero-order valence-corrected chi connectivity index (χ0v) is 55.4. The van der Waals surface area contributed by atoms with Crippen LogP contribution in [0.2, 0.25) is 0 Å². The molecule has 0 radical (unpaired) electrons. The summed E-state index contributed by atoms with van der Waals surface area (Å²) in [5, 5.41) is 11.8. The van der Waals surface area contributed by atoms with Gasteiger partial charge in [0.05, 0.1) is 40.3 Å². The van der Waals surface area contributed by atoms with Gasteiger partial charge in [0.25, 0.3) is 0 Å². The van der Waals surface area contributed by atoms with Gasteiger partial charge in [-0.15, -0.1) is 0 Å². The van der Waals surface area contributed by atoms with Gasteiger partial charge in [0.2, 0.25) is 0 Å². The molecule has 0 saturated carbocycles. The van der Waals surface area contributed by atoms with E-state index in [2.05, 4.69) is 38.2 Å². The van der Waals surface area contributed by atoms with Crippen molar-refractivity contribution in [3.8, 4) is 0 Å². The van der Waals surface area contributed by atoms with Crippen molar-refractivity contribution in [3.63, 3.8) is 0 Å². The molecule has 0 aliphatic rings. The Labute approximate surface area is 509 Å². The van der Waals surface area contributed by atoms with Crippen LogP contribution in [0, 0.1) is 0 Å². The topological polar surface area (TPSA) is 111 Å². The molecule has 2 unspecified atom stereocenters. The van der Waals surface area contributed by atoms with Gasteiger partial charge in [0, 0.05) is 12.8 Å². The summed E-state index contributed by atoms with van der Waals surface area (Å²) in [4.78, 5) is 37.4. The van der Waals surface area contributed by atoms with E-state index in [9.17, 15) is 19.5 Å². The number of carbonyl (C=O) groups is 3. The third-order valence-corrected chi connectivity index (χ3v) is 16.5. The van der Waals surface area contributed by atoms with Crippen molar-refractivity contribution >= 4 is 17.9 Å². The average Bonchev–Trinajstić information content (AvgIpc) is 3.45. The van der Waals surface area contributed by atoms with Crippen LogP contribution in [0.15, 0.2) is 24.3 Å². The van der Waals surface area contributed by atoms with Gasteiger partial charge in [0.1, 0.15) is 13.2 Å². The summed E-state index contributed by atoms with van der Waals surface area (Å²) in [6, 6.07) is 0. The largest absolute Gasteiger partial charge is 0.545 e. The highest BCUT2D eigenvalue weighted by molar-refractivity contribution is 5.70. The normalized spacial score (nSPS) is 12.7. The van der Waals surface area contributed by atoms with E-state index in [4.69, 9.17) is 18.9 Å². The molecule has 9 heteroatoms. The van der Waals surface area contributed by atoms with Crippen LogP contribution in [0.1, 0.15) is 367 Å². The molecule has 0 fully saturated rings. The molecule has 0 aliphatic heterocycles. The molecule has 0 bridgehead atoms. The number of unbranched alkanes of at least 4 members (excludes halogenated alkanes) is 49. The Morgan fingerprint density at radius 1 is 0.366 bits per heavy atom. The number of quaternary nitrogens is 1. The second-order valence-corrected chi connectivity index (χ2v) is 25.9. The Morgan fingerprint density at radius 3 is 0.988 bits per heavy atom. The Morgan fingerprint density at radius 2 is 0.659 bits per heavy atom. The first kappa shape index (κ1) is 79.8. The van der Waals surface area contributed by atoms with Crippen molar-refractivity contribution in [3.05, 3.63) is 24.3 Å². The lowest BCUT2D eigenvalue weighted by Crippen LogP contribution is -2.44. The van der Waals surface area contributed by atoms with Gasteiger partial charge in [-0.3, -0.25) is 9.59 Å². The molecular weight excluding hydrogens is 1020 g/mol.